The van der Waals surface area contributed by atoms with Gasteiger partial charge in [-0.1, -0.05) is 0 Å². The monoisotopic (exact) mass is 271 g/mol. The Balaban J connectivity index is 2.66. The highest BCUT2D eigenvalue weighted by Crippen LogP contribution is 2.30. The van der Waals surface area contributed by atoms with Gasteiger partial charge in [-0.3, -0.25) is 4.79 Å². The zero-order valence-corrected chi connectivity index (χ0v) is 12.2. The highest BCUT2D eigenvalue weighted by atomic mass is 32.1. The van der Waals surface area contributed by atoms with Crippen LogP contribution in [0.3, 0.4) is 0 Å². The first-order valence-corrected chi connectivity index (χ1v) is 6.95. The maximum absolute atomic E-state index is 12.1. The Morgan fingerprint density at radius 2 is 2.05 bits per heavy atom. The van der Waals surface area contributed by atoms with E-state index < -0.39 is 0 Å². The number of aromatic amines is 1. The summed E-state index contributed by atoms with van der Waals surface area (Å²) in [6, 6.07) is 4.06. The van der Waals surface area contributed by atoms with E-state index in [2.05, 4.69) is 11.1 Å². The first-order chi connectivity index (χ1) is 9.02. The number of benzene rings is 1. The van der Waals surface area contributed by atoms with Crippen molar-refractivity contribution in [1.82, 2.24) is 4.98 Å². The molecule has 2 heterocycles. The van der Waals surface area contributed by atoms with Gasteiger partial charge in [0.15, 0.2) is 0 Å². The Bertz CT molecular complexity index is 863. The average molecular weight is 271 g/mol. The number of ether oxygens (including phenoxy) is 1. The first-order valence-electron chi connectivity index (χ1n) is 6.13. The third-order valence-corrected chi connectivity index (χ3v) is 4.58. The van der Waals surface area contributed by atoms with Gasteiger partial charge in [-0.05, 0) is 37.0 Å². The molecule has 0 unspecified atom stereocenters. The Kier molecular flexibility index (Phi) is 2.67. The van der Waals surface area contributed by atoms with E-state index in [4.69, 9.17) is 4.74 Å². The zero-order valence-electron chi connectivity index (χ0n) is 11.4. The van der Waals surface area contributed by atoms with Gasteiger partial charge in [0.25, 0.3) is 5.56 Å². The quantitative estimate of drug-likeness (QED) is 0.683. The van der Waals surface area contributed by atoms with Crippen molar-refractivity contribution >= 4 is 45.6 Å². The van der Waals surface area contributed by atoms with E-state index in [1.54, 1.807) is 7.11 Å². The average Bonchev–Trinajstić information content (AvgIpc) is 2.75. The molecule has 0 saturated heterocycles. The molecule has 0 atom stereocenters. The van der Waals surface area contributed by atoms with Crippen LogP contribution in [0.5, 0.6) is 5.75 Å². The predicted molar refractivity (Wildman–Crippen MR) is 84.2 cm³/mol. The van der Waals surface area contributed by atoms with E-state index in [9.17, 15) is 4.79 Å². The number of H-pyrrole nitrogens is 1. The van der Waals surface area contributed by atoms with Crippen LogP contribution in [0.4, 0.5) is 0 Å². The number of aromatic nitrogens is 1. The lowest BCUT2D eigenvalue weighted by molar-refractivity contribution is 0.418. The molecule has 3 nitrogen and oxygen atoms in total. The summed E-state index contributed by atoms with van der Waals surface area (Å²) in [4.78, 5) is 16.3. The standard InChI is InChI=1S/C14H14BNO2S/c1-6-4-9(18-3)11(15)10-8-5-7(2)19-13(8)14(17)16-12(6)10/h4-5H,15H2,1-3H3,(H,16,17). The Morgan fingerprint density at radius 1 is 1.32 bits per heavy atom. The van der Waals surface area contributed by atoms with Crippen LogP contribution >= 0.6 is 11.3 Å². The summed E-state index contributed by atoms with van der Waals surface area (Å²) in [6.45, 7) is 4.02. The van der Waals surface area contributed by atoms with Crippen molar-refractivity contribution in [1.29, 1.82) is 0 Å². The minimum absolute atomic E-state index is 0.00623. The minimum Gasteiger partial charge on any atom is -0.497 e. The summed E-state index contributed by atoms with van der Waals surface area (Å²) in [5.74, 6) is 0.863. The lowest BCUT2D eigenvalue weighted by Crippen LogP contribution is -2.14. The molecule has 1 N–H and O–H groups in total. The van der Waals surface area contributed by atoms with Crippen molar-refractivity contribution in [3.05, 3.63) is 32.9 Å². The van der Waals surface area contributed by atoms with Gasteiger partial charge in [0.2, 0.25) is 0 Å². The number of thiophene rings is 1. The van der Waals surface area contributed by atoms with E-state index in [1.165, 1.54) is 11.3 Å². The fourth-order valence-electron chi connectivity index (χ4n) is 2.63. The largest absolute Gasteiger partial charge is 0.497 e. The fraction of sp³-hybridized carbons (Fsp3) is 0.214. The van der Waals surface area contributed by atoms with Crippen LogP contribution in [-0.2, 0) is 0 Å². The summed E-state index contributed by atoms with van der Waals surface area (Å²) >= 11 is 1.54. The van der Waals surface area contributed by atoms with Gasteiger partial charge in [0, 0.05) is 15.6 Å². The second-order valence-corrected chi connectivity index (χ2v) is 6.08. The summed E-state index contributed by atoms with van der Waals surface area (Å²) in [7, 11) is 3.71. The Morgan fingerprint density at radius 3 is 2.74 bits per heavy atom. The number of aryl methyl sites for hydroxylation is 2. The molecule has 96 valence electrons. The maximum atomic E-state index is 12.1. The Hall–Kier alpha value is -1.75. The molecule has 19 heavy (non-hydrogen) atoms. The van der Waals surface area contributed by atoms with E-state index in [1.807, 2.05) is 27.8 Å². The third-order valence-electron chi connectivity index (χ3n) is 3.53. The van der Waals surface area contributed by atoms with Gasteiger partial charge in [-0.25, -0.2) is 0 Å². The second kappa shape index (κ2) is 4.13. The van der Waals surface area contributed by atoms with Crippen molar-refractivity contribution in [3.63, 3.8) is 0 Å². The highest BCUT2D eigenvalue weighted by Gasteiger charge is 2.14. The molecule has 0 spiro atoms. The van der Waals surface area contributed by atoms with Gasteiger partial charge in [-0.2, -0.15) is 0 Å². The van der Waals surface area contributed by atoms with Crippen molar-refractivity contribution in [2.45, 2.75) is 13.8 Å². The van der Waals surface area contributed by atoms with Crippen LogP contribution in [0.2, 0.25) is 0 Å². The number of methoxy groups -OCH3 is 1. The molecular formula is C14H14BNO2S. The molecule has 0 aliphatic heterocycles. The number of nitrogens with one attached hydrogen (secondary N) is 1. The smallest absolute Gasteiger partial charge is 0.266 e. The number of rotatable bonds is 1. The molecule has 0 fully saturated rings. The van der Waals surface area contributed by atoms with Gasteiger partial charge in [-0.15, -0.1) is 11.3 Å². The highest BCUT2D eigenvalue weighted by molar-refractivity contribution is 7.19. The molecule has 0 saturated carbocycles. The molecule has 0 amide bonds. The van der Waals surface area contributed by atoms with Gasteiger partial charge < -0.3 is 9.72 Å². The number of hydrogen-bond acceptors (Lipinski definition) is 3. The van der Waals surface area contributed by atoms with Crippen LogP contribution in [-0.4, -0.2) is 19.9 Å². The Labute approximate surface area is 115 Å². The third kappa shape index (κ3) is 1.69. The summed E-state index contributed by atoms with van der Waals surface area (Å²) in [6.07, 6.45) is 0. The summed E-state index contributed by atoms with van der Waals surface area (Å²) in [5.41, 5.74) is 3.00. The van der Waals surface area contributed by atoms with Crippen molar-refractivity contribution in [2.24, 2.45) is 0 Å². The van der Waals surface area contributed by atoms with E-state index in [0.29, 0.717) is 0 Å². The van der Waals surface area contributed by atoms with Crippen LogP contribution in [0, 0.1) is 13.8 Å². The van der Waals surface area contributed by atoms with Crippen LogP contribution < -0.4 is 15.8 Å². The van der Waals surface area contributed by atoms with Crippen molar-refractivity contribution < 1.29 is 4.74 Å². The molecule has 1 aromatic carbocycles. The molecule has 0 bridgehead atoms. The molecule has 3 rings (SSSR count). The van der Waals surface area contributed by atoms with Crippen molar-refractivity contribution in [2.75, 3.05) is 7.11 Å². The SMILES string of the molecule is Bc1c(OC)cc(C)c2[nH]c(=O)c3sc(C)cc3c12. The molecular weight excluding hydrogens is 257 g/mol. The molecule has 5 heteroatoms. The van der Waals surface area contributed by atoms with Crippen LogP contribution in [0.15, 0.2) is 16.9 Å². The lowest BCUT2D eigenvalue weighted by atomic mass is 9.87. The van der Waals surface area contributed by atoms with Crippen LogP contribution in [0.25, 0.3) is 21.0 Å². The van der Waals surface area contributed by atoms with E-state index in [0.717, 1.165) is 42.6 Å². The van der Waals surface area contributed by atoms with E-state index >= 15 is 0 Å². The predicted octanol–water partition coefficient (Wildman–Crippen LogP) is 1.63. The molecule has 0 aliphatic rings. The molecule has 0 aliphatic carbocycles. The van der Waals surface area contributed by atoms with Crippen LogP contribution in [0.1, 0.15) is 10.4 Å². The lowest BCUT2D eigenvalue weighted by Gasteiger charge is -2.12. The summed E-state index contributed by atoms with van der Waals surface area (Å²) < 4.78 is 6.22. The molecule has 3 aromatic rings. The topological polar surface area (TPSA) is 42.1 Å². The minimum atomic E-state index is -0.00623. The van der Waals surface area contributed by atoms with Crippen molar-refractivity contribution in [3.8, 4) is 5.75 Å². The maximum Gasteiger partial charge on any atom is 0.266 e. The normalized spacial score (nSPS) is 11.3. The number of fused-ring (bicyclic) bond motifs is 3. The number of pyridine rings is 1. The number of hydrogen-bond donors (Lipinski definition) is 1. The van der Waals surface area contributed by atoms with Gasteiger partial charge in [0.1, 0.15) is 18.3 Å². The van der Waals surface area contributed by atoms with E-state index in [-0.39, 0.29) is 5.56 Å². The van der Waals surface area contributed by atoms with Gasteiger partial charge in [0.05, 0.1) is 12.6 Å². The van der Waals surface area contributed by atoms with Gasteiger partial charge >= 0.3 is 0 Å². The zero-order chi connectivity index (χ0) is 13.7. The molecule has 2 aromatic heterocycles. The summed E-state index contributed by atoms with van der Waals surface area (Å²) in [5, 5.41) is 2.12. The fourth-order valence-corrected chi connectivity index (χ4v) is 3.55. The second-order valence-electron chi connectivity index (χ2n) is 4.82. The molecule has 0 radical (unpaired) electrons. The first kappa shape index (κ1) is 12.3.